The number of nitrogens with zero attached hydrogens (tertiary/aromatic N) is 1. The van der Waals surface area contributed by atoms with E-state index in [1.165, 1.54) is 0 Å². The second-order valence-corrected chi connectivity index (χ2v) is 3.64. The molecule has 1 fully saturated rings. The Bertz CT molecular complexity index is 372. The molecule has 4 nitrogen and oxygen atoms in total. The van der Waals surface area contributed by atoms with E-state index < -0.39 is 18.1 Å². The molecule has 1 aliphatic rings. The molecular formula is C10H10F3NO3. The van der Waals surface area contributed by atoms with Gasteiger partial charge in [-0.1, -0.05) is 5.92 Å². The molecule has 0 radical (unpaired) electrons. The number of carboxylic acids is 1. The predicted octanol–water partition coefficient (Wildman–Crippen LogP) is 0.875. The molecule has 0 saturated carbocycles. The lowest BCUT2D eigenvalue weighted by atomic mass is 9.97. The Hall–Kier alpha value is -1.71. The van der Waals surface area contributed by atoms with Gasteiger partial charge in [0.25, 0.3) is 0 Å². The molecule has 17 heavy (non-hydrogen) atoms. The number of hydrogen-bond acceptors (Lipinski definition) is 2. The third-order valence-corrected chi connectivity index (χ3v) is 2.41. The van der Waals surface area contributed by atoms with Crippen molar-refractivity contribution >= 4 is 11.9 Å². The topological polar surface area (TPSA) is 57.6 Å². The van der Waals surface area contributed by atoms with Crippen molar-refractivity contribution in [1.29, 1.82) is 0 Å². The minimum atomic E-state index is -4.85. The fourth-order valence-corrected chi connectivity index (χ4v) is 1.57. The lowest BCUT2D eigenvalue weighted by Gasteiger charge is -2.30. The summed E-state index contributed by atoms with van der Waals surface area (Å²) in [7, 11) is 0. The Kier molecular flexibility index (Phi) is 3.99. The number of piperidine rings is 1. The van der Waals surface area contributed by atoms with Gasteiger partial charge in [-0.3, -0.25) is 4.79 Å². The van der Waals surface area contributed by atoms with Gasteiger partial charge in [-0.2, -0.15) is 13.2 Å². The quantitative estimate of drug-likeness (QED) is 0.648. The monoisotopic (exact) mass is 249 g/mol. The van der Waals surface area contributed by atoms with Crippen molar-refractivity contribution in [3.63, 3.8) is 0 Å². The first kappa shape index (κ1) is 13.4. The summed E-state index contributed by atoms with van der Waals surface area (Å²) in [5.74, 6) is 1.01. The molecule has 1 heterocycles. The Morgan fingerprint density at radius 2 is 1.76 bits per heavy atom. The van der Waals surface area contributed by atoms with Crippen molar-refractivity contribution < 1.29 is 27.9 Å². The zero-order chi connectivity index (χ0) is 13.1. The summed E-state index contributed by atoms with van der Waals surface area (Å²) < 4.78 is 36.3. The molecule has 1 amide bonds. The number of carbonyl (C=O) groups is 2. The van der Waals surface area contributed by atoms with Gasteiger partial charge in [-0.25, -0.2) is 4.79 Å². The van der Waals surface area contributed by atoms with E-state index in [2.05, 4.69) is 5.92 Å². The van der Waals surface area contributed by atoms with Crippen LogP contribution in [-0.4, -0.2) is 41.1 Å². The maximum absolute atomic E-state index is 12.1. The summed E-state index contributed by atoms with van der Waals surface area (Å²) in [4.78, 5) is 21.7. The van der Waals surface area contributed by atoms with E-state index in [9.17, 15) is 22.8 Å². The Labute approximate surface area is 95.4 Å². The van der Waals surface area contributed by atoms with Crippen LogP contribution in [0.5, 0.6) is 0 Å². The molecule has 0 unspecified atom stereocenters. The standard InChI is InChI=1S/C10H10F3NO3/c11-10(12,13)9(17)14-5-3-7(4-6-14)1-2-8(15)16/h7H,3-6H2,(H,15,16). The first-order chi connectivity index (χ1) is 7.80. The van der Waals surface area contributed by atoms with Crippen molar-refractivity contribution in [2.75, 3.05) is 13.1 Å². The fraction of sp³-hybridized carbons (Fsp3) is 0.600. The van der Waals surface area contributed by atoms with Crippen molar-refractivity contribution in [2.24, 2.45) is 5.92 Å². The van der Waals surface area contributed by atoms with Gasteiger partial charge in [0.1, 0.15) is 0 Å². The molecule has 1 saturated heterocycles. The number of alkyl halides is 3. The molecule has 0 spiro atoms. The SMILES string of the molecule is O=C(O)C#CC1CCN(C(=O)C(F)(F)F)CC1. The Balaban J connectivity index is 2.50. The zero-order valence-corrected chi connectivity index (χ0v) is 8.75. The highest BCUT2D eigenvalue weighted by atomic mass is 19.4. The number of carbonyl (C=O) groups excluding carboxylic acids is 1. The first-order valence-electron chi connectivity index (χ1n) is 4.91. The van der Waals surface area contributed by atoms with E-state index in [4.69, 9.17) is 5.11 Å². The van der Waals surface area contributed by atoms with Crippen LogP contribution in [0.4, 0.5) is 13.2 Å². The van der Waals surface area contributed by atoms with Crippen LogP contribution in [0.1, 0.15) is 12.8 Å². The van der Waals surface area contributed by atoms with Gasteiger partial charge >= 0.3 is 18.1 Å². The smallest absolute Gasteiger partial charge is 0.471 e. The van der Waals surface area contributed by atoms with Gasteiger partial charge in [0.2, 0.25) is 0 Å². The van der Waals surface area contributed by atoms with Crippen LogP contribution in [-0.2, 0) is 9.59 Å². The van der Waals surface area contributed by atoms with Crippen molar-refractivity contribution in [3.05, 3.63) is 0 Å². The highest BCUT2D eigenvalue weighted by Gasteiger charge is 2.43. The van der Waals surface area contributed by atoms with Crippen LogP contribution in [0.3, 0.4) is 0 Å². The lowest BCUT2D eigenvalue weighted by Crippen LogP contribution is -2.45. The average molecular weight is 249 g/mol. The van der Waals surface area contributed by atoms with Gasteiger partial charge in [0.15, 0.2) is 0 Å². The van der Waals surface area contributed by atoms with E-state index in [1.807, 2.05) is 5.92 Å². The van der Waals surface area contributed by atoms with Gasteiger partial charge in [0, 0.05) is 24.9 Å². The van der Waals surface area contributed by atoms with Gasteiger partial charge in [0.05, 0.1) is 0 Å². The van der Waals surface area contributed by atoms with E-state index in [0.717, 1.165) is 4.90 Å². The highest BCUT2D eigenvalue weighted by Crippen LogP contribution is 2.23. The number of halogens is 3. The van der Waals surface area contributed by atoms with Gasteiger partial charge in [-0.05, 0) is 12.8 Å². The summed E-state index contributed by atoms with van der Waals surface area (Å²) in [6.45, 7) is -0.0887. The number of hydrogen-bond donors (Lipinski definition) is 1. The minimum Gasteiger partial charge on any atom is -0.472 e. The van der Waals surface area contributed by atoms with Crippen LogP contribution < -0.4 is 0 Å². The van der Waals surface area contributed by atoms with E-state index in [0.29, 0.717) is 0 Å². The Morgan fingerprint density at radius 3 is 2.18 bits per heavy atom. The summed E-state index contributed by atoms with van der Waals surface area (Å²) in [6.07, 6.45) is -4.32. The number of aliphatic carboxylic acids is 1. The molecule has 1 N–H and O–H groups in total. The summed E-state index contributed by atoms with van der Waals surface area (Å²) >= 11 is 0. The second kappa shape index (κ2) is 5.08. The first-order valence-corrected chi connectivity index (χ1v) is 4.91. The molecule has 94 valence electrons. The third-order valence-electron chi connectivity index (χ3n) is 2.41. The van der Waals surface area contributed by atoms with E-state index in [1.54, 1.807) is 0 Å². The molecule has 0 aliphatic carbocycles. The van der Waals surface area contributed by atoms with Crippen LogP contribution >= 0.6 is 0 Å². The second-order valence-electron chi connectivity index (χ2n) is 3.64. The molecule has 0 aromatic carbocycles. The molecule has 0 atom stereocenters. The zero-order valence-electron chi connectivity index (χ0n) is 8.75. The van der Waals surface area contributed by atoms with Crippen molar-refractivity contribution in [3.8, 4) is 11.8 Å². The Morgan fingerprint density at radius 1 is 1.24 bits per heavy atom. The molecule has 7 heteroatoms. The predicted molar refractivity (Wildman–Crippen MR) is 50.8 cm³/mol. The summed E-state index contributed by atoms with van der Waals surface area (Å²) in [6, 6.07) is 0. The van der Waals surface area contributed by atoms with Crippen molar-refractivity contribution in [2.45, 2.75) is 19.0 Å². The van der Waals surface area contributed by atoms with Crippen LogP contribution in [0.2, 0.25) is 0 Å². The maximum atomic E-state index is 12.1. The molecular weight excluding hydrogens is 239 g/mol. The van der Waals surface area contributed by atoms with Gasteiger partial charge in [-0.15, -0.1) is 0 Å². The summed E-state index contributed by atoms with van der Waals surface area (Å²) in [5, 5.41) is 8.30. The number of amides is 1. The van der Waals surface area contributed by atoms with Crippen LogP contribution in [0, 0.1) is 17.8 Å². The third kappa shape index (κ3) is 3.98. The maximum Gasteiger partial charge on any atom is 0.471 e. The molecule has 0 aromatic rings. The largest absolute Gasteiger partial charge is 0.472 e. The minimum absolute atomic E-state index is 0.0443. The van der Waals surface area contributed by atoms with Crippen LogP contribution in [0.25, 0.3) is 0 Å². The summed E-state index contributed by atoms with van der Waals surface area (Å²) in [5.41, 5.74) is 0. The van der Waals surface area contributed by atoms with E-state index >= 15 is 0 Å². The fourth-order valence-electron chi connectivity index (χ4n) is 1.57. The molecule has 1 aliphatic heterocycles. The molecule has 0 aromatic heterocycles. The van der Waals surface area contributed by atoms with Gasteiger partial charge < -0.3 is 10.0 Å². The van der Waals surface area contributed by atoms with Crippen molar-refractivity contribution in [1.82, 2.24) is 4.90 Å². The number of rotatable bonds is 0. The molecule has 0 bridgehead atoms. The number of carboxylic acid groups (broad SMARTS) is 1. The number of likely N-dealkylation sites (tertiary alicyclic amines) is 1. The van der Waals surface area contributed by atoms with E-state index in [-0.39, 0.29) is 31.8 Å². The van der Waals surface area contributed by atoms with Crippen LogP contribution in [0.15, 0.2) is 0 Å². The molecule has 1 rings (SSSR count). The normalized spacial score (nSPS) is 17.2. The average Bonchev–Trinajstić information content (AvgIpc) is 2.25. The lowest BCUT2D eigenvalue weighted by molar-refractivity contribution is -0.186. The highest BCUT2D eigenvalue weighted by molar-refractivity contribution is 5.86.